The summed E-state index contributed by atoms with van der Waals surface area (Å²) >= 11 is 0. The third-order valence-electron chi connectivity index (χ3n) is 4.61. The molecule has 3 rings (SSSR count). The van der Waals surface area contributed by atoms with Gasteiger partial charge < -0.3 is 14.3 Å². The van der Waals surface area contributed by atoms with Gasteiger partial charge in [-0.05, 0) is 6.42 Å². The van der Waals surface area contributed by atoms with Crippen molar-refractivity contribution in [3.63, 3.8) is 0 Å². The van der Waals surface area contributed by atoms with Gasteiger partial charge in [0.15, 0.2) is 5.43 Å². The number of rotatable bonds is 9. The van der Waals surface area contributed by atoms with E-state index in [-0.39, 0.29) is 16.6 Å². The average Bonchev–Trinajstić information content (AvgIpc) is 2.67. The van der Waals surface area contributed by atoms with Gasteiger partial charge in [0.05, 0.1) is 6.61 Å². The molecule has 0 spiro atoms. The van der Waals surface area contributed by atoms with Crippen molar-refractivity contribution < 1.29 is 14.3 Å². The second-order valence-electron chi connectivity index (χ2n) is 6.77. The lowest BCUT2D eigenvalue weighted by atomic mass is 10.1. The first-order chi connectivity index (χ1) is 13.2. The van der Waals surface area contributed by atoms with Crippen LogP contribution < -0.4 is 10.2 Å². The van der Waals surface area contributed by atoms with Gasteiger partial charge in [0.2, 0.25) is 0 Å². The topological polar surface area (TPSA) is 59.7 Å². The van der Waals surface area contributed by atoms with Crippen LogP contribution in [0.3, 0.4) is 0 Å². The van der Waals surface area contributed by atoms with Crippen molar-refractivity contribution in [2.45, 2.75) is 45.4 Å². The second-order valence-corrected chi connectivity index (χ2v) is 6.77. The summed E-state index contributed by atoms with van der Waals surface area (Å²) in [5.41, 5.74) is 0.878. The molecule has 0 amide bonds. The number of phenols is 1. The maximum atomic E-state index is 12.4. The number of unbranched alkanes of at least 4 members (excludes halogenated alkanes) is 5. The number of hydrogen-bond acceptors (Lipinski definition) is 4. The van der Waals surface area contributed by atoms with Crippen molar-refractivity contribution >= 4 is 11.0 Å². The first-order valence-corrected chi connectivity index (χ1v) is 9.68. The summed E-state index contributed by atoms with van der Waals surface area (Å²) in [7, 11) is 0. The highest BCUT2D eigenvalue weighted by Gasteiger charge is 2.12. The van der Waals surface area contributed by atoms with E-state index in [1.165, 1.54) is 37.8 Å². The molecule has 0 saturated heterocycles. The molecule has 142 valence electrons. The Morgan fingerprint density at radius 3 is 2.48 bits per heavy atom. The van der Waals surface area contributed by atoms with Gasteiger partial charge in [0.25, 0.3) is 0 Å². The predicted octanol–water partition coefficient (Wildman–Crippen LogP) is 5.90. The van der Waals surface area contributed by atoms with Gasteiger partial charge in [-0.1, -0.05) is 69.4 Å². The Balaban J connectivity index is 1.75. The van der Waals surface area contributed by atoms with E-state index in [2.05, 4.69) is 6.92 Å². The van der Waals surface area contributed by atoms with Crippen molar-refractivity contribution in [3.8, 4) is 22.8 Å². The van der Waals surface area contributed by atoms with E-state index in [1.807, 2.05) is 30.3 Å². The molecule has 0 bridgehead atoms. The fourth-order valence-electron chi connectivity index (χ4n) is 3.14. The average molecular weight is 366 g/mol. The molecule has 0 fully saturated rings. The van der Waals surface area contributed by atoms with Crippen LogP contribution >= 0.6 is 0 Å². The maximum Gasteiger partial charge on any atom is 0.197 e. The van der Waals surface area contributed by atoms with Crippen LogP contribution in [0.5, 0.6) is 11.5 Å². The highest BCUT2D eigenvalue weighted by molar-refractivity contribution is 5.86. The van der Waals surface area contributed by atoms with Gasteiger partial charge in [-0.25, -0.2) is 0 Å². The Morgan fingerprint density at radius 2 is 1.70 bits per heavy atom. The molecule has 3 aromatic rings. The molecule has 1 heterocycles. The van der Waals surface area contributed by atoms with Gasteiger partial charge in [-0.2, -0.15) is 0 Å². The van der Waals surface area contributed by atoms with E-state index < -0.39 is 0 Å². The molecule has 0 aliphatic rings. The highest BCUT2D eigenvalue weighted by atomic mass is 16.5. The summed E-state index contributed by atoms with van der Waals surface area (Å²) in [6.07, 6.45) is 7.10. The maximum absolute atomic E-state index is 12.4. The van der Waals surface area contributed by atoms with Crippen LogP contribution in [-0.2, 0) is 0 Å². The second kappa shape index (κ2) is 9.26. The van der Waals surface area contributed by atoms with Crippen LogP contribution in [-0.4, -0.2) is 11.7 Å². The number of phenolic OH excluding ortho intramolecular Hbond substituents is 1. The molecule has 0 unspecified atom stereocenters. The van der Waals surface area contributed by atoms with E-state index in [0.29, 0.717) is 23.7 Å². The molecular weight excluding hydrogens is 340 g/mol. The Labute approximate surface area is 159 Å². The number of aromatic hydroxyl groups is 1. The first-order valence-electron chi connectivity index (χ1n) is 9.68. The molecule has 27 heavy (non-hydrogen) atoms. The summed E-state index contributed by atoms with van der Waals surface area (Å²) in [5, 5.41) is 10.4. The molecule has 0 saturated carbocycles. The fraction of sp³-hybridized carbons (Fsp3) is 0.348. The number of ether oxygens (including phenoxy) is 1. The smallest absolute Gasteiger partial charge is 0.197 e. The zero-order valence-corrected chi connectivity index (χ0v) is 15.7. The summed E-state index contributed by atoms with van der Waals surface area (Å²) in [6.45, 7) is 2.79. The SMILES string of the molecule is CCCCCCCCOc1cc(O)c2c(=O)cc(-c3ccccc3)oc2c1. The van der Waals surface area contributed by atoms with Gasteiger partial charge >= 0.3 is 0 Å². The van der Waals surface area contributed by atoms with Gasteiger partial charge in [-0.3, -0.25) is 4.79 Å². The van der Waals surface area contributed by atoms with E-state index in [4.69, 9.17) is 9.15 Å². The monoisotopic (exact) mass is 366 g/mol. The third-order valence-corrected chi connectivity index (χ3v) is 4.61. The van der Waals surface area contributed by atoms with Crippen molar-refractivity contribution in [3.05, 3.63) is 58.8 Å². The van der Waals surface area contributed by atoms with E-state index in [1.54, 1.807) is 6.07 Å². The van der Waals surface area contributed by atoms with Crippen molar-refractivity contribution in [2.24, 2.45) is 0 Å². The van der Waals surface area contributed by atoms with Crippen LogP contribution in [0.15, 0.2) is 57.7 Å². The zero-order chi connectivity index (χ0) is 19.1. The Kier molecular flexibility index (Phi) is 6.53. The van der Waals surface area contributed by atoms with Crippen LogP contribution in [0, 0.1) is 0 Å². The van der Waals surface area contributed by atoms with E-state index in [0.717, 1.165) is 18.4 Å². The van der Waals surface area contributed by atoms with Crippen molar-refractivity contribution in [2.75, 3.05) is 6.61 Å². The molecule has 1 N–H and O–H groups in total. The minimum absolute atomic E-state index is 0.112. The van der Waals surface area contributed by atoms with Crippen molar-refractivity contribution in [1.29, 1.82) is 0 Å². The minimum atomic E-state index is -0.268. The third kappa shape index (κ3) is 4.91. The largest absolute Gasteiger partial charge is 0.507 e. The van der Waals surface area contributed by atoms with Crippen molar-refractivity contribution in [1.82, 2.24) is 0 Å². The summed E-state index contributed by atoms with van der Waals surface area (Å²) in [4.78, 5) is 12.4. The predicted molar refractivity (Wildman–Crippen MR) is 108 cm³/mol. The van der Waals surface area contributed by atoms with Crippen LogP contribution in [0.4, 0.5) is 0 Å². The molecule has 4 nitrogen and oxygen atoms in total. The summed E-state index contributed by atoms with van der Waals surface area (Å²) < 4.78 is 11.6. The van der Waals surface area contributed by atoms with Crippen LogP contribution in [0.1, 0.15) is 45.4 Å². The minimum Gasteiger partial charge on any atom is -0.507 e. The van der Waals surface area contributed by atoms with Crippen LogP contribution in [0.2, 0.25) is 0 Å². The van der Waals surface area contributed by atoms with Gasteiger partial charge in [-0.15, -0.1) is 0 Å². The fourth-order valence-corrected chi connectivity index (χ4v) is 3.14. The molecule has 1 aromatic heterocycles. The lowest BCUT2D eigenvalue weighted by Gasteiger charge is -2.09. The zero-order valence-electron chi connectivity index (χ0n) is 15.7. The lowest BCUT2D eigenvalue weighted by Crippen LogP contribution is -2.02. The van der Waals surface area contributed by atoms with E-state index in [9.17, 15) is 9.90 Å². The van der Waals surface area contributed by atoms with Crippen LogP contribution in [0.25, 0.3) is 22.3 Å². The number of benzene rings is 2. The summed E-state index contributed by atoms with van der Waals surface area (Å²) in [6, 6.07) is 14.0. The molecular formula is C23H26O4. The molecule has 0 aliphatic carbocycles. The standard InChI is InChI=1S/C23H26O4/c1-2-3-4-5-6-10-13-26-18-14-19(24)23-20(25)16-21(27-22(23)15-18)17-11-8-7-9-12-17/h7-9,11-12,14-16,24H,2-6,10,13H2,1H3. The quantitative estimate of drug-likeness (QED) is 0.479. The van der Waals surface area contributed by atoms with E-state index >= 15 is 0 Å². The first kappa shape index (κ1) is 19.0. The molecule has 0 radical (unpaired) electrons. The molecule has 0 aliphatic heterocycles. The van der Waals surface area contributed by atoms with Gasteiger partial charge in [0.1, 0.15) is 28.2 Å². The number of hydrogen-bond donors (Lipinski definition) is 1. The summed E-state index contributed by atoms with van der Waals surface area (Å²) in [5.74, 6) is 0.876. The Hall–Kier alpha value is -2.75. The Morgan fingerprint density at radius 1 is 0.963 bits per heavy atom. The number of fused-ring (bicyclic) bond motifs is 1. The highest BCUT2D eigenvalue weighted by Crippen LogP contribution is 2.31. The normalized spacial score (nSPS) is 11.0. The molecule has 0 atom stereocenters. The van der Waals surface area contributed by atoms with Gasteiger partial charge in [0, 0.05) is 23.8 Å². The Bertz CT molecular complexity index is 928. The molecule has 2 aromatic carbocycles. The lowest BCUT2D eigenvalue weighted by molar-refractivity contribution is 0.303. The molecule has 4 heteroatoms.